The normalized spacial score (nSPS) is 41.0. The topological polar surface area (TPSA) is 55.8 Å². The largest absolute Gasteiger partial charge is 0.504 e. The molecular formula is C41H62O4. The Balaban J connectivity index is 1.14. The number of hydrogen-bond donors (Lipinski definition) is 1. The minimum atomic E-state index is -0.273. The zero-order valence-electron chi connectivity index (χ0n) is 29.9. The molecule has 6 rings (SSSR count). The molecule has 0 radical (unpaired) electrons. The van der Waals surface area contributed by atoms with Crippen LogP contribution in [0.5, 0.6) is 11.5 Å². The van der Waals surface area contributed by atoms with Crippen molar-refractivity contribution in [2.75, 3.05) is 7.11 Å². The molecule has 0 bridgehead atoms. The molecule has 45 heavy (non-hydrogen) atoms. The standard InChI is InChI=1S/C41H62O4/c1-26(2)27(3)10-11-28(4)30-18-20-39(8)34-16-15-33-37(5,6)35(19-21-40(33)25-41(34,40)23-22-38(30,39)7)45-36(43)17-13-29-12-14-31(42)32(24-29)44-9/h12-14,17,24,26-28,30,33-35,42H,10-11,15-16,18-23,25H2,1-9H3/t27-,28+,30-,33-,34-,35-,38+,39+,40-,41+/m0/s1. The van der Waals surface area contributed by atoms with Crippen molar-refractivity contribution in [2.24, 2.45) is 62.6 Å². The number of carbonyl (C=O) groups excluding carboxylic acids is 1. The molecule has 4 nitrogen and oxygen atoms in total. The van der Waals surface area contributed by atoms with Gasteiger partial charge in [-0.25, -0.2) is 4.79 Å². The van der Waals surface area contributed by atoms with Gasteiger partial charge in [-0.3, -0.25) is 0 Å². The Morgan fingerprint density at radius 3 is 2.33 bits per heavy atom. The van der Waals surface area contributed by atoms with Crippen LogP contribution in [0.1, 0.15) is 132 Å². The lowest BCUT2D eigenvalue weighted by Crippen LogP contribution is -2.58. The Morgan fingerprint density at radius 2 is 1.62 bits per heavy atom. The van der Waals surface area contributed by atoms with Gasteiger partial charge in [0.15, 0.2) is 11.5 Å². The van der Waals surface area contributed by atoms with Gasteiger partial charge in [0.2, 0.25) is 0 Å². The molecule has 5 fully saturated rings. The molecule has 10 atom stereocenters. The van der Waals surface area contributed by atoms with Crippen molar-refractivity contribution in [2.45, 2.75) is 132 Å². The highest BCUT2D eigenvalue weighted by atomic mass is 16.5. The van der Waals surface area contributed by atoms with Gasteiger partial charge >= 0.3 is 5.97 Å². The van der Waals surface area contributed by atoms with Crippen molar-refractivity contribution >= 4 is 12.0 Å². The first-order chi connectivity index (χ1) is 21.1. The molecule has 0 saturated heterocycles. The van der Waals surface area contributed by atoms with E-state index in [1.54, 1.807) is 24.3 Å². The third-order valence-electron chi connectivity index (χ3n) is 15.9. The van der Waals surface area contributed by atoms with Gasteiger partial charge in [0.1, 0.15) is 6.10 Å². The van der Waals surface area contributed by atoms with Crippen LogP contribution in [0.3, 0.4) is 0 Å². The Labute approximate surface area is 274 Å². The summed E-state index contributed by atoms with van der Waals surface area (Å²) in [6.07, 6.45) is 17.9. The second kappa shape index (κ2) is 11.3. The van der Waals surface area contributed by atoms with Crippen LogP contribution in [0.15, 0.2) is 24.3 Å². The summed E-state index contributed by atoms with van der Waals surface area (Å²) in [5.41, 5.74) is 2.65. The minimum absolute atomic E-state index is 0.0283. The average Bonchev–Trinajstić information content (AvgIpc) is 3.58. The molecule has 4 heteroatoms. The molecule has 0 heterocycles. The third-order valence-corrected chi connectivity index (χ3v) is 15.9. The van der Waals surface area contributed by atoms with Gasteiger partial charge in [0, 0.05) is 11.5 Å². The minimum Gasteiger partial charge on any atom is -0.504 e. The smallest absolute Gasteiger partial charge is 0.331 e. The number of esters is 1. The maximum absolute atomic E-state index is 13.1. The zero-order valence-corrected chi connectivity index (χ0v) is 29.9. The first kappa shape index (κ1) is 33.0. The van der Waals surface area contributed by atoms with Crippen LogP contribution in [-0.4, -0.2) is 24.3 Å². The van der Waals surface area contributed by atoms with E-state index in [0.717, 1.165) is 41.6 Å². The number of phenols is 1. The lowest BCUT2D eigenvalue weighted by atomic mass is 9.41. The van der Waals surface area contributed by atoms with Crippen molar-refractivity contribution < 1.29 is 19.4 Å². The van der Waals surface area contributed by atoms with E-state index in [0.29, 0.717) is 33.3 Å². The molecule has 5 saturated carbocycles. The van der Waals surface area contributed by atoms with E-state index in [9.17, 15) is 9.90 Å². The average molecular weight is 619 g/mol. The molecule has 0 unspecified atom stereocenters. The molecule has 0 aromatic heterocycles. The van der Waals surface area contributed by atoms with E-state index in [1.165, 1.54) is 77.4 Å². The van der Waals surface area contributed by atoms with Gasteiger partial charge in [0.25, 0.3) is 0 Å². The second-order valence-electron chi connectivity index (χ2n) is 18.0. The van der Waals surface area contributed by atoms with E-state index in [1.807, 2.05) is 0 Å². The van der Waals surface area contributed by atoms with Crippen LogP contribution < -0.4 is 4.74 Å². The number of phenolic OH excluding ortho intramolecular Hbond substituents is 1. The van der Waals surface area contributed by atoms with Crippen molar-refractivity contribution in [3.8, 4) is 11.5 Å². The number of methoxy groups -OCH3 is 1. The van der Waals surface area contributed by atoms with Crippen LogP contribution in [-0.2, 0) is 9.53 Å². The molecule has 1 N–H and O–H groups in total. The number of fused-ring (bicyclic) bond motifs is 2. The quantitative estimate of drug-likeness (QED) is 0.221. The summed E-state index contributed by atoms with van der Waals surface area (Å²) in [6, 6.07) is 5.09. The fourth-order valence-corrected chi connectivity index (χ4v) is 12.7. The van der Waals surface area contributed by atoms with Crippen LogP contribution in [0.2, 0.25) is 0 Å². The van der Waals surface area contributed by atoms with Gasteiger partial charge in [-0.2, -0.15) is 0 Å². The fraction of sp³-hybridized carbons (Fsp3) is 0.780. The highest BCUT2D eigenvalue weighted by Gasteiger charge is 2.82. The van der Waals surface area contributed by atoms with Crippen LogP contribution in [0.25, 0.3) is 6.08 Å². The molecule has 5 aliphatic carbocycles. The van der Waals surface area contributed by atoms with E-state index >= 15 is 0 Å². The summed E-state index contributed by atoms with van der Waals surface area (Å²) in [5.74, 6) is 4.99. The Kier molecular flexibility index (Phi) is 8.30. The lowest BCUT2D eigenvalue weighted by Gasteiger charge is -2.63. The highest BCUT2D eigenvalue weighted by Crippen LogP contribution is 2.89. The molecule has 2 spiro atoms. The summed E-state index contributed by atoms with van der Waals surface area (Å²) in [5, 5.41) is 9.89. The SMILES string of the molecule is COc1cc(C=CC(=O)O[C@H]2CC[C@@]34C[C@@]35CC[C@]3(C)[C@H]([C@H](C)CC[C@H](C)C(C)C)CC[C@]3(C)[C@@H]5CC[C@H]4C2(C)C)ccc1O. The zero-order chi connectivity index (χ0) is 32.6. The van der Waals surface area contributed by atoms with Crippen LogP contribution in [0, 0.1) is 62.6 Å². The predicted octanol–water partition coefficient (Wildman–Crippen LogP) is 10.5. The van der Waals surface area contributed by atoms with Crippen molar-refractivity contribution in [3.05, 3.63) is 29.8 Å². The number of benzene rings is 1. The van der Waals surface area contributed by atoms with Crippen molar-refractivity contribution in [3.63, 3.8) is 0 Å². The summed E-state index contributed by atoms with van der Waals surface area (Å²) < 4.78 is 11.5. The third kappa shape index (κ3) is 4.92. The number of aromatic hydroxyl groups is 1. The Bertz CT molecular complexity index is 1310. The molecular weight excluding hydrogens is 556 g/mol. The summed E-state index contributed by atoms with van der Waals surface area (Å²) in [6.45, 7) is 20.1. The number of hydrogen-bond acceptors (Lipinski definition) is 4. The molecule has 0 amide bonds. The lowest BCUT2D eigenvalue weighted by molar-refractivity contribution is -0.179. The maximum atomic E-state index is 13.1. The van der Waals surface area contributed by atoms with Crippen LogP contribution >= 0.6 is 0 Å². The van der Waals surface area contributed by atoms with Gasteiger partial charge in [-0.1, -0.05) is 74.3 Å². The molecule has 5 aliphatic rings. The molecule has 1 aromatic rings. The van der Waals surface area contributed by atoms with Crippen LogP contribution in [0.4, 0.5) is 0 Å². The Morgan fingerprint density at radius 1 is 0.911 bits per heavy atom. The predicted molar refractivity (Wildman–Crippen MR) is 183 cm³/mol. The van der Waals surface area contributed by atoms with Crippen molar-refractivity contribution in [1.29, 1.82) is 0 Å². The van der Waals surface area contributed by atoms with E-state index < -0.39 is 0 Å². The van der Waals surface area contributed by atoms with Gasteiger partial charge < -0.3 is 14.6 Å². The summed E-state index contributed by atoms with van der Waals surface area (Å²) in [4.78, 5) is 13.1. The summed E-state index contributed by atoms with van der Waals surface area (Å²) in [7, 11) is 1.53. The van der Waals surface area contributed by atoms with E-state index in [2.05, 4.69) is 55.4 Å². The number of ether oxygens (including phenoxy) is 2. The molecule has 1 aromatic carbocycles. The highest BCUT2D eigenvalue weighted by molar-refractivity contribution is 5.87. The van der Waals surface area contributed by atoms with Gasteiger partial charge in [-0.15, -0.1) is 0 Å². The fourth-order valence-electron chi connectivity index (χ4n) is 12.7. The number of rotatable bonds is 9. The first-order valence-electron chi connectivity index (χ1n) is 18.4. The molecule has 250 valence electrons. The summed E-state index contributed by atoms with van der Waals surface area (Å²) >= 11 is 0. The van der Waals surface area contributed by atoms with E-state index in [4.69, 9.17) is 9.47 Å². The van der Waals surface area contributed by atoms with Gasteiger partial charge in [0.05, 0.1) is 7.11 Å². The van der Waals surface area contributed by atoms with E-state index in [-0.39, 0.29) is 23.2 Å². The maximum Gasteiger partial charge on any atom is 0.331 e. The first-order valence-corrected chi connectivity index (χ1v) is 18.4. The number of carbonyl (C=O) groups is 1. The molecule has 0 aliphatic heterocycles. The van der Waals surface area contributed by atoms with Crippen molar-refractivity contribution in [1.82, 2.24) is 0 Å². The van der Waals surface area contributed by atoms with Gasteiger partial charge in [-0.05, 0) is 139 Å². The Hall–Kier alpha value is -1.97. The second-order valence-corrected chi connectivity index (χ2v) is 18.0. The monoisotopic (exact) mass is 618 g/mol.